The first kappa shape index (κ1) is 27.4. The second kappa shape index (κ2) is 11.4. The maximum absolute atomic E-state index is 13.6. The molecule has 2 amide bonds. The Hall–Kier alpha value is -3.60. The molecule has 0 radical (unpaired) electrons. The molecule has 1 aromatic heterocycles. The Balaban J connectivity index is 1.52. The van der Waals surface area contributed by atoms with Crippen LogP contribution in [0.3, 0.4) is 0 Å². The van der Waals surface area contributed by atoms with E-state index in [1.807, 2.05) is 6.21 Å². The molecular weight excluding hydrogens is 519 g/mol. The van der Waals surface area contributed by atoms with E-state index < -0.39 is 11.7 Å². The molecule has 0 fully saturated rings. The van der Waals surface area contributed by atoms with Gasteiger partial charge in [0.1, 0.15) is 11.6 Å². The number of hydrogen-bond donors (Lipinski definition) is 2. The summed E-state index contributed by atoms with van der Waals surface area (Å²) in [7, 11) is 0. The second-order valence-electron chi connectivity index (χ2n) is 9.14. The molecule has 0 aliphatic carbocycles. The van der Waals surface area contributed by atoms with Gasteiger partial charge in [0, 0.05) is 31.4 Å². The molecule has 0 spiro atoms. The van der Waals surface area contributed by atoms with E-state index in [1.165, 1.54) is 6.07 Å². The fourth-order valence-corrected chi connectivity index (χ4v) is 4.36. The Labute approximate surface area is 224 Å². The number of carbonyl (C=O) groups excluding carboxylic acids is 1. The summed E-state index contributed by atoms with van der Waals surface area (Å²) in [5, 5.41) is 6.29. The lowest BCUT2D eigenvalue weighted by Gasteiger charge is -2.33. The van der Waals surface area contributed by atoms with Gasteiger partial charge in [0.15, 0.2) is 0 Å². The molecule has 1 unspecified atom stereocenters. The van der Waals surface area contributed by atoms with E-state index in [2.05, 4.69) is 46.0 Å². The zero-order valence-corrected chi connectivity index (χ0v) is 21.9. The van der Waals surface area contributed by atoms with Crippen molar-refractivity contribution in [2.45, 2.75) is 46.1 Å². The highest BCUT2D eigenvalue weighted by atomic mass is 35.5. The summed E-state index contributed by atoms with van der Waals surface area (Å²) in [6.45, 7) is 9.51. The standard InChI is InChI=1S/C26H29ClF3N7O/c1-4-16(3)12-32-23-21(5-2)37(10-9-31-23)25(38)36-14-19-20(15-36)34-24(27)35-22(19)33-13-17-7-6-8-18(11-17)26(28,29)30/h5-8,11-12,16,31H,2,4,9-10,13-15H2,1,3H3,(H,33,34,35)/b32-12-. The Morgan fingerprint density at radius 3 is 2.84 bits per heavy atom. The van der Waals surface area contributed by atoms with Gasteiger partial charge in [0.2, 0.25) is 5.28 Å². The summed E-state index contributed by atoms with van der Waals surface area (Å²) in [6.07, 6.45) is -0.0260. The lowest BCUT2D eigenvalue weighted by Crippen LogP contribution is -2.46. The molecule has 2 aromatic rings. The SMILES string of the molecule is C=CC1=C(/N=C\C(C)CC)NCCN1C(=O)N1Cc2nc(Cl)nc(NCc3cccc(C(F)(F)F)c3)c2C1. The fourth-order valence-electron chi connectivity index (χ4n) is 4.17. The maximum Gasteiger partial charge on any atom is 0.416 e. The van der Waals surface area contributed by atoms with E-state index in [0.29, 0.717) is 53.2 Å². The fraction of sp³-hybridized carbons (Fsp3) is 0.385. The number of anilines is 1. The molecule has 2 N–H and O–H groups in total. The molecule has 3 heterocycles. The number of benzene rings is 1. The third kappa shape index (κ3) is 6.09. The zero-order valence-electron chi connectivity index (χ0n) is 21.1. The maximum atomic E-state index is 13.6. The lowest BCUT2D eigenvalue weighted by molar-refractivity contribution is -0.137. The second-order valence-corrected chi connectivity index (χ2v) is 9.47. The van der Waals surface area contributed by atoms with Gasteiger partial charge in [-0.15, -0.1) is 0 Å². The summed E-state index contributed by atoms with van der Waals surface area (Å²) in [5.74, 6) is 1.26. The number of fused-ring (bicyclic) bond motifs is 1. The summed E-state index contributed by atoms with van der Waals surface area (Å²) < 4.78 is 39.3. The first-order valence-corrected chi connectivity index (χ1v) is 12.6. The van der Waals surface area contributed by atoms with Crippen LogP contribution < -0.4 is 10.6 Å². The van der Waals surface area contributed by atoms with E-state index in [0.717, 1.165) is 18.6 Å². The smallest absolute Gasteiger partial charge is 0.367 e. The molecule has 1 aromatic carbocycles. The van der Waals surface area contributed by atoms with E-state index in [1.54, 1.807) is 21.9 Å². The Kier molecular flexibility index (Phi) is 8.25. The number of alkyl halides is 3. The number of carbonyl (C=O) groups is 1. The predicted octanol–water partition coefficient (Wildman–Crippen LogP) is 5.57. The minimum absolute atomic E-state index is 0.0138. The summed E-state index contributed by atoms with van der Waals surface area (Å²) in [6, 6.07) is 4.82. The van der Waals surface area contributed by atoms with Crippen molar-refractivity contribution in [2.24, 2.45) is 10.9 Å². The van der Waals surface area contributed by atoms with E-state index in [9.17, 15) is 18.0 Å². The highest BCUT2D eigenvalue weighted by molar-refractivity contribution is 6.28. The first-order chi connectivity index (χ1) is 18.1. The van der Waals surface area contributed by atoms with Gasteiger partial charge in [-0.2, -0.15) is 13.2 Å². The number of allylic oxidation sites excluding steroid dienone is 1. The van der Waals surface area contributed by atoms with Gasteiger partial charge in [0.25, 0.3) is 0 Å². The summed E-state index contributed by atoms with van der Waals surface area (Å²) in [4.78, 5) is 29.9. The third-order valence-electron chi connectivity index (χ3n) is 6.43. The monoisotopic (exact) mass is 547 g/mol. The van der Waals surface area contributed by atoms with Crippen LogP contribution in [0.15, 0.2) is 53.4 Å². The average Bonchev–Trinajstić information content (AvgIpc) is 3.33. The molecule has 0 saturated heterocycles. The lowest BCUT2D eigenvalue weighted by atomic mass is 10.1. The molecule has 0 saturated carbocycles. The van der Waals surface area contributed by atoms with Gasteiger partial charge >= 0.3 is 12.2 Å². The van der Waals surface area contributed by atoms with Crippen LogP contribution in [0.1, 0.15) is 42.7 Å². The normalized spacial score (nSPS) is 16.5. The van der Waals surface area contributed by atoms with E-state index in [-0.39, 0.29) is 30.9 Å². The van der Waals surface area contributed by atoms with Crippen LogP contribution in [-0.4, -0.2) is 45.1 Å². The molecule has 8 nitrogen and oxygen atoms in total. The number of nitrogens with one attached hydrogen (secondary N) is 2. The van der Waals surface area contributed by atoms with Crippen LogP contribution in [0.5, 0.6) is 0 Å². The molecular formula is C26H29ClF3N7O. The van der Waals surface area contributed by atoms with Crippen molar-refractivity contribution in [1.29, 1.82) is 0 Å². The van der Waals surface area contributed by atoms with Crippen molar-refractivity contribution in [1.82, 2.24) is 25.1 Å². The average molecular weight is 548 g/mol. The topological polar surface area (TPSA) is 85.8 Å². The van der Waals surface area contributed by atoms with Crippen molar-refractivity contribution in [3.8, 4) is 0 Å². The number of urea groups is 1. The van der Waals surface area contributed by atoms with Crippen LogP contribution in [0.25, 0.3) is 0 Å². The Morgan fingerprint density at radius 2 is 2.13 bits per heavy atom. The van der Waals surface area contributed by atoms with Gasteiger partial charge in [-0.05, 0) is 47.7 Å². The van der Waals surface area contributed by atoms with Gasteiger partial charge in [-0.3, -0.25) is 4.90 Å². The molecule has 0 bridgehead atoms. The molecule has 202 valence electrons. The van der Waals surface area contributed by atoms with Crippen LogP contribution in [-0.2, 0) is 25.8 Å². The van der Waals surface area contributed by atoms with Gasteiger partial charge < -0.3 is 15.5 Å². The van der Waals surface area contributed by atoms with Crippen molar-refractivity contribution in [3.63, 3.8) is 0 Å². The molecule has 1 atom stereocenters. The number of rotatable bonds is 7. The van der Waals surface area contributed by atoms with Crippen LogP contribution in [0, 0.1) is 5.92 Å². The van der Waals surface area contributed by atoms with Gasteiger partial charge in [0.05, 0.1) is 30.0 Å². The molecule has 12 heteroatoms. The van der Waals surface area contributed by atoms with Crippen LogP contribution in [0.2, 0.25) is 5.28 Å². The van der Waals surface area contributed by atoms with Crippen molar-refractivity contribution >= 4 is 29.7 Å². The predicted molar refractivity (Wildman–Crippen MR) is 140 cm³/mol. The van der Waals surface area contributed by atoms with Crippen LogP contribution >= 0.6 is 11.6 Å². The van der Waals surface area contributed by atoms with Gasteiger partial charge in [-0.1, -0.05) is 32.6 Å². The molecule has 38 heavy (non-hydrogen) atoms. The quantitative estimate of drug-likeness (QED) is 0.349. The van der Waals surface area contributed by atoms with E-state index >= 15 is 0 Å². The highest BCUT2D eigenvalue weighted by Crippen LogP contribution is 2.32. The number of amides is 2. The number of halogens is 4. The van der Waals surface area contributed by atoms with Crippen molar-refractivity contribution in [2.75, 3.05) is 18.4 Å². The van der Waals surface area contributed by atoms with Crippen molar-refractivity contribution in [3.05, 3.63) is 76.1 Å². The molecule has 2 aliphatic rings. The first-order valence-electron chi connectivity index (χ1n) is 12.3. The number of hydrogen-bond acceptors (Lipinski definition) is 6. The minimum Gasteiger partial charge on any atom is -0.367 e. The number of nitrogens with zero attached hydrogens (tertiary/aromatic N) is 5. The third-order valence-corrected chi connectivity index (χ3v) is 6.60. The van der Waals surface area contributed by atoms with Crippen molar-refractivity contribution < 1.29 is 18.0 Å². The molecule has 2 aliphatic heterocycles. The minimum atomic E-state index is -4.43. The Morgan fingerprint density at radius 1 is 1.34 bits per heavy atom. The summed E-state index contributed by atoms with van der Waals surface area (Å²) >= 11 is 6.14. The number of aromatic nitrogens is 2. The summed E-state index contributed by atoms with van der Waals surface area (Å²) in [5.41, 5.74) is 1.54. The highest BCUT2D eigenvalue weighted by Gasteiger charge is 2.34. The van der Waals surface area contributed by atoms with Crippen LogP contribution in [0.4, 0.5) is 23.8 Å². The Bertz CT molecular complexity index is 1280. The van der Waals surface area contributed by atoms with Gasteiger partial charge in [-0.25, -0.2) is 19.8 Å². The zero-order chi connectivity index (χ0) is 27.4. The number of aliphatic imine (C=N–C) groups is 1. The molecule has 4 rings (SSSR count). The van der Waals surface area contributed by atoms with E-state index in [4.69, 9.17) is 11.6 Å². The largest absolute Gasteiger partial charge is 0.416 e.